The summed E-state index contributed by atoms with van der Waals surface area (Å²) in [5, 5.41) is 6.86. The van der Waals surface area contributed by atoms with Gasteiger partial charge < -0.3 is 29.1 Å². The number of carbonyl (C=O) groups is 4. The maximum atomic E-state index is 13.7. The number of nitrogens with one attached hydrogen (secondary N) is 2. The van der Waals surface area contributed by atoms with Gasteiger partial charge in [-0.1, -0.05) is 102 Å². The summed E-state index contributed by atoms with van der Waals surface area (Å²) < 4.78 is 31.3. The van der Waals surface area contributed by atoms with E-state index in [-0.39, 0.29) is 31.4 Å². The van der Waals surface area contributed by atoms with Crippen LogP contribution in [0.4, 0.5) is 0 Å². The number of rotatable bonds is 27. The second-order valence-electron chi connectivity index (χ2n) is 13.7. The summed E-state index contributed by atoms with van der Waals surface area (Å²) in [7, 11) is -3.29. The topological polar surface area (TPSA) is 153 Å². The fourth-order valence-corrected chi connectivity index (χ4v) is 7.52. The third-order valence-corrected chi connectivity index (χ3v) is 11.1. The van der Waals surface area contributed by atoms with Crippen LogP contribution in [-0.2, 0) is 34.9 Å². The second-order valence-corrected chi connectivity index (χ2v) is 16.1. The van der Waals surface area contributed by atoms with Gasteiger partial charge in [0.05, 0.1) is 31.8 Å². The molecule has 1 unspecified atom stereocenters. The van der Waals surface area contributed by atoms with E-state index in [0.717, 1.165) is 55.6 Å². The minimum atomic E-state index is -3.29. The van der Waals surface area contributed by atoms with Gasteiger partial charge in [0.15, 0.2) is 5.76 Å². The first-order valence-electron chi connectivity index (χ1n) is 19.7. The molecule has 3 rings (SSSR count). The molecule has 0 saturated carbocycles. The van der Waals surface area contributed by atoms with E-state index in [4.69, 9.17) is 18.5 Å². The molecule has 0 spiro atoms. The van der Waals surface area contributed by atoms with Gasteiger partial charge in [-0.15, -0.1) is 0 Å². The van der Waals surface area contributed by atoms with Gasteiger partial charge >= 0.3 is 5.97 Å². The number of amides is 3. The number of carbonyl (C=O) groups excluding carboxylic acids is 4. The van der Waals surface area contributed by atoms with Crippen molar-refractivity contribution in [3.8, 4) is 17.1 Å². The molecule has 2 N–H and O–H groups in total. The number of hydrogen-bond donors (Lipinski definition) is 2. The smallest absolute Gasteiger partial charge is 0.332 e. The maximum Gasteiger partial charge on any atom is 0.332 e. The van der Waals surface area contributed by atoms with Gasteiger partial charge in [-0.05, 0) is 62.1 Å². The molecule has 3 amide bonds. The summed E-state index contributed by atoms with van der Waals surface area (Å²) in [6.45, 7) is 9.80. The standard InChI is InChI=1S/C42H60N3O9P/c1-6-10-12-13-14-19-23-40(47)54-45(31-46)37(8-3)36(22-16-11-7-2)41(48)43-30-44-42(49)39-25-24-38(53-39)33-26-34(51-9-4)28-35(27-33)55(5,50)52-29-32-20-17-15-18-21-32/h15,17-18,20-21,24-28,31,36-37H,6-14,16,19,22-23,29-30H2,1-5H3,(H,43,48)(H,44,49)/t36-,37-,55?/m1/s1. The number of hydrogen-bond acceptors (Lipinski definition) is 9. The molecular formula is C42H60N3O9P. The van der Waals surface area contributed by atoms with Crippen molar-refractivity contribution >= 4 is 36.9 Å². The summed E-state index contributed by atoms with van der Waals surface area (Å²) in [6, 6.07) is 17.1. The first-order chi connectivity index (χ1) is 26.6. The van der Waals surface area contributed by atoms with Crippen LogP contribution in [0.2, 0.25) is 0 Å². The number of furan rings is 1. The van der Waals surface area contributed by atoms with E-state index in [0.29, 0.717) is 54.7 Å². The number of unbranched alkanes of at least 4 members (excludes halogenated alkanes) is 7. The molecule has 0 aliphatic heterocycles. The minimum Gasteiger partial charge on any atom is -0.494 e. The number of ether oxygens (including phenoxy) is 1. The van der Waals surface area contributed by atoms with Crippen molar-refractivity contribution in [2.24, 2.45) is 5.92 Å². The summed E-state index contributed by atoms with van der Waals surface area (Å²) in [5.74, 6) is -1.28. The lowest BCUT2D eigenvalue weighted by Crippen LogP contribution is -2.49. The quantitative estimate of drug-likeness (QED) is 0.0255. The molecule has 2 aromatic carbocycles. The van der Waals surface area contributed by atoms with E-state index >= 15 is 0 Å². The van der Waals surface area contributed by atoms with Gasteiger partial charge in [-0.25, -0.2) is 4.79 Å². The molecule has 0 saturated heterocycles. The van der Waals surface area contributed by atoms with E-state index in [1.165, 1.54) is 12.5 Å². The van der Waals surface area contributed by atoms with Gasteiger partial charge in [-0.3, -0.25) is 18.9 Å². The van der Waals surface area contributed by atoms with Crippen LogP contribution in [0.1, 0.15) is 121 Å². The molecular weight excluding hydrogens is 721 g/mol. The van der Waals surface area contributed by atoms with Crippen molar-refractivity contribution in [3.05, 3.63) is 72.0 Å². The van der Waals surface area contributed by atoms with Crippen LogP contribution in [0.3, 0.4) is 0 Å². The van der Waals surface area contributed by atoms with E-state index in [1.54, 1.807) is 30.9 Å². The Morgan fingerprint density at radius 3 is 2.27 bits per heavy atom. The van der Waals surface area contributed by atoms with Crippen molar-refractivity contribution in [3.63, 3.8) is 0 Å². The average Bonchev–Trinajstić information content (AvgIpc) is 3.69. The monoisotopic (exact) mass is 781 g/mol. The van der Waals surface area contributed by atoms with Crippen molar-refractivity contribution in [1.82, 2.24) is 15.7 Å². The van der Waals surface area contributed by atoms with Crippen molar-refractivity contribution in [2.45, 2.75) is 117 Å². The van der Waals surface area contributed by atoms with Crippen LogP contribution in [0.25, 0.3) is 11.3 Å². The average molecular weight is 782 g/mol. The first-order valence-corrected chi connectivity index (χ1v) is 21.8. The Kier molecular flexibility index (Phi) is 19.8. The van der Waals surface area contributed by atoms with Crippen molar-refractivity contribution in [1.29, 1.82) is 0 Å². The Hall–Kier alpha value is -4.41. The predicted molar refractivity (Wildman–Crippen MR) is 214 cm³/mol. The van der Waals surface area contributed by atoms with Gasteiger partial charge in [0.2, 0.25) is 19.7 Å². The molecule has 0 fully saturated rings. The molecule has 0 aliphatic rings. The maximum absolute atomic E-state index is 13.7. The predicted octanol–water partition coefficient (Wildman–Crippen LogP) is 8.54. The van der Waals surface area contributed by atoms with E-state index < -0.39 is 31.2 Å². The Morgan fingerprint density at radius 1 is 0.873 bits per heavy atom. The normalized spacial score (nSPS) is 13.3. The minimum absolute atomic E-state index is 0.00274. The molecule has 0 aliphatic carbocycles. The van der Waals surface area contributed by atoms with E-state index in [2.05, 4.69) is 24.5 Å². The van der Waals surface area contributed by atoms with Crippen LogP contribution in [-0.4, -0.2) is 55.2 Å². The molecule has 1 aromatic heterocycles. The van der Waals surface area contributed by atoms with E-state index in [1.807, 2.05) is 44.2 Å². The SMILES string of the molecule is CCCCCCCCC(=O)ON(C=O)[C@H](CC)[C@@H](CCCCC)C(=O)NCNC(=O)c1ccc(-c2cc(OCC)cc(P(C)(=O)OCc3ccccc3)c2)o1. The number of hydroxylamine groups is 2. The largest absolute Gasteiger partial charge is 0.494 e. The van der Waals surface area contributed by atoms with Crippen LogP contribution in [0, 0.1) is 5.92 Å². The molecule has 1 heterocycles. The highest BCUT2D eigenvalue weighted by atomic mass is 31.2. The summed E-state index contributed by atoms with van der Waals surface area (Å²) >= 11 is 0. The van der Waals surface area contributed by atoms with Gasteiger partial charge in [0.1, 0.15) is 11.5 Å². The fraction of sp³-hybridized carbons (Fsp3) is 0.524. The Balaban J connectivity index is 1.65. The zero-order valence-electron chi connectivity index (χ0n) is 33.2. The zero-order valence-corrected chi connectivity index (χ0v) is 34.1. The molecule has 13 heteroatoms. The van der Waals surface area contributed by atoms with Crippen molar-refractivity contribution < 1.29 is 42.3 Å². The highest BCUT2D eigenvalue weighted by molar-refractivity contribution is 7.66. The molecule has 0 radical (unpaired) electrons. The lowest BCUT2D eigenvalue weighted by molar-refractivity contribution is -0.204. The van der Waals surface area contributed by atoms with Gasteiger partial charge in [-0.2, -0.15) is 5.06 Å². The van der Waals surface area contributed by atoms with Gasteiger partial charge in [0, 0.05) is 24.0 Å². The van der Waals surface area contributed by atoms with Crippen LogP contribution < -0.4 is 20.7 Å². The Labute approximate surface area is 326 Å². The molecule has 12 nitrogen and oxygen atoms in total. The highest BCUT2D eigenvalue weighted by Gasteiger charge is 2.33. The lowest BCUT2D eigenvalue weighted by atomic mass is 9.90. The third-order valence-electron chi connectivity index (χ3n) is 9.33. The van der Waals surface area contributed by atoms with Crippen molar-refractivity contribution in [2.75, 3.05) is 19.9 Å². The molecule has 55 heavy (non-hydrogen) atoms. The first kappa shape index (κ1) is 45.0. The summed E-state index contributed by atoms with van der Waals surface area (Å²) in [6.07, 6.45) is 10.2. The van der Waals surface area contributed by atoms with Crippen LogP contribution >= 0.6 is 7.37 Å². The number of nitrogens with zero attached hydrogens (tertiary/aromatic N) is 1. The molecule has 3 aromatic rings. The number of benzene rings is 2. The second kappa shape index (κ2) is 24.2. The highest BCUT2D eigenvalue weighted by Crippen LogP contribution is 2.44. The lowest BCUT2D eigenvalue weighted by Gasteiger charge is -2.31. The Bertz CT molecular complexity index is 1680. The third kappa shape index (κ3) is 15.0. The van der Waals surface area contributed by atoms with Crippen LogP contribution in [0.5, 0.6) is 5.75 Å². The molecule has 0 bridgehead atoms. The fourth-order valence-electron chi connectivity index (χ4n) is 6.24. The van der Waals surface area contributed by atoms with E-state index in [9.17, 15) is 23.7 Å². The molecule has 3 atom stereocenters. The summed E-state index contributed by atoms with van der Waals surface area (Å²) in [5.41, 5.74) is 1.44. The van der Waals surface area contributed by atoms with Crippen LogP contribution in [0.15, 0.2) is 65.1 Å². The zero-order chi connectivity index (χ0) is 40.1. The van der Waals surface area contributed by atoms with Gasteiger partial charge in [0.25, 0.3) is 5.91 Å². The summed E-state index contributed by atoms with van der Waals surface area (Å²) in [4.78, 5) is 56.9. The Morgan fingerprint density at radius 2 is 1.58 bits per heavy atom. The molecule has 302 valence electrons.